The topological polar surface area (TPSA) is 70.5 Å². The molecule has 0 bridgehead atoms. The predicted octanol–water partition coefficient (Wildman–Crippen LogP) is 0.886. The summed E-state index contributed by atoms with van der Waals surface area (Å²) >= 11 is 0. The average Bonchev–Trinajstić information content (AvgIpc) is 2.37. The molecule has 0 aliphatic heterocycles. The van der Waals surface area contributed by atoms with E-state index in [1.165, 1.54) is 41.2 Å². The molecule has 6 nitrogen and oxygen atoms in total. The van der Waals surface area contributed by atoms with Gasteiger partial charge in [-0.05, 0) is 24.3 Å². The number of H-pyrrole nitrogens is 1. The molecule has 104 valence electrons. The van der Waals surface area contributed by atoms with Crippen LogP contribution in [-0.2, 0) is 0 Å². The Bertz CT molecular complexity index is 744. The molecular weight excluding hydrogens is 263 g/mol. The van der Waals surface area contributed by atoms with Crippen molar-refractivity contribution in [1.82, 2.24) is 14.5 Å². The van der Waals surface area contributed by atoms with Crippen LogP contribution in [0.2, 0.25) is 0 Å². The molecule has 0 saturated heterocycles. The first kappa shape index (κ1) is 13.7. The van der Waals surface area contributed by atoms with Crippen molar-refractivity contribution < 1.29 is 4.39 Å². The van der Waals surface area contributed by atoms with Gasteiger partial charge < -0.3 is 4.90 Å². The molecule has 0 radical (unpaired) electrons. The third-order valence-corrected chi connectivity index (χ3v) is 2.43. The Morgan fingerprint density at radius 3 is 2.50 bits per heavy atom. The van der Waals surface area contributed by atoms with Crippen molar-refractivity contribution in [3.63, 3.8) is 0 Å². The summed E-state index contributed by atoms with van der Waals surface area (Å²) in [5, 5.41) is 0. The SMILES string of the molecule is CN(C)/C=N/c1cc(=O)[nH]c(=O)n1-c1ccc(F)cc1. The predicted molar refractivity (Wildman–Crippen MR) is 74.5 cm³/mol. The maximum absolute atomic E-state index is 12.9. The van der Waals surface area contributed by atoms with Crippen LogP contribution in [0.1, 0.15) is 0 Å². The number of rotatable bonds is 3. The summed E-state index contributed by atoms with van der Waals surface area (Å²) in [6.07, 6.45) is 1.47. The Labute approximate surface area is 113 Å². The highest BCUT2D eigenvalue weighted by atomic mass is 19.1. The van der Waals surface area contributed by atoms with Gasteiger partial charge in [0.2, 0.25) is 0 Å². The number of hydrogen-bond donors (Lipinski definition) is 1. The first-order valence-corrected chi connectivity index (χ1v) is 5.80. The van der Waals surface area contributed by atoms with Crippen LogP contribution >= 0.6 is 0 Å². The van der Waals surface area contributed by atoms with E-state index in [2.05, 4.69) is 9.98 Å². The molecule has 7 heteroatoms. The van der Waals surface area contributed by atoms with Crippen molar-refractivity contribution >= 4 is 12.2 Å². The van der Waals surface area contributed by atoms with Gasteiger partial charge in [0.1, 0.15) is 11.6 Å². The van der Waals surface area contributed by atoms with Gasteiger partial charge in [-0.15, -0.1) is 0 Å². The fourth-order valence-corrected chi connectivity index (χ4v) is 1.59. The van der Waals surface area contributed by atoms with Crippen LogP contribution in [0.5, 0.6) is 0 Å². The summed E-state index contributed by atoms with van der Waals surface area (Å²) in [5.41, 5.74) is -0.757. The minimum atomic E-state index is -0.630. The third kappa shape index (κ3) is 3.00. The Balaban J connectivity index is 2.64. The molecule has 1 aromatic carbocycles. The average molecular weight is 276 g/mol. The summed E-state index contributed by atoms with van der Waals surface area (Å²) in [6, 6.07) is 6.52. The zero-order valence-electron chi connectivity index (χ0n) is 11.0. The van der Waals surface area contributed by atoms with E-state index in [4.69, 9.17) is 0 Å². The maximum Gasteiger partial charge on any atom is 0.334 e. The number of aromatic nitrogens is 2. The minimum absolute atomic E-state index is 0.166. The van der Waals surface area contributed by atoms with Crippen molar-refractivity contribution in [2.45, 2.75) is 0 Å². The number of nitrogens with one attached hydrogen (secondary N) is 1. The fourth-order valence-electron chi connectivity index (χ4n) is 1.59. The molecular formula is C13H13FN4O2. The summed E-state index contributed by atoms with van der Waals surface area (Å²) in [7, 11) is 3.52. The van der Waals surface area contributed by atoms with Gasteiger partial charge >= 0.3 is 5.69 Å². The number of halogens is 1. The number of nitrogens with zero attached hydrogens (tertiary/aromatic N) is 3. The number of benzene rings is 1. The minimum Gasteiger partial charge on any atom is -0.369 e. The Morgan fingerprint density at radius 1 is 1.25 bits per heavy atom. The van der Waals surface area contributed by atoms with Crippen LogP contribution in [-0.4, -0.2) is 34.9 Å². The van der Waals surface area contributed by atoms with E-state index in [0.29, 0.717) is 5.69 Å². The molecule has 2 aromatic rings. The lowest BCUT2D eigenvalue weighted by Gasteiger charge is -2.09. The van der Waals surface area contributed by atoms with Crippen LogP contribution in [0.25, 0.3) is 5.69 Å². The highest BCUT2D eigenvalue weighted by Crippen LogP contribution is 2.14. The number of aliphatic imine (C=N–C) groups is 1. The Morgan fingerprint density at radius 2 is 1.90 bits per heavy atom. The molecule has 1 N–H and O–H groups in total. The zero-order chi connectivity index (χ0) is 14.7. The molecule has 0 aliphatic carbocycles. The van der Waals surface area contributed by atoms with Crippen molar-refractivity contribution in [2.75, 3.05) is 14.1 Å². The van der Waals surface area contributed by atoms with Crippen molar-refractivity contribution in [3.05, 3.63) is 57.0 Å². The van der Waals surface area contributed by atoms with Crippen LogP contribution in [0.3, 0.4) is 0 Å². The third-order valence-electron chi connectivity index (χ3n) is 2.43. The Hall–Kier alpha value is -2.70. The standard InChI is InChI=1S/C13H13FN4O2/c1-17(2)8-15-11-7-12(19)16-13(20)18(11)10-5-3-9(14)4-6-10/h3-8H,1-2H3,(H,16,19,20)/b15-8+. The quantitative estimate of drug-likeness (QED) is 0.668. The zero-order valence-corrected chi connectivity index (χ0v) is 11.0. The summed E-state index contributed by atoms with van der Waals surface area (Å²) in [5.74, 6) is -0.247. The van der Waals surface area contributed by atoms with Gasteiger partial charge in [-0.2, -0.15) is 0 Å². The second kappa shape index (κ2) is 5.52. The number of aromatic amines is 1. The number of hydrogen-bond acceptors (Lipinski definition) is 3. The van der Waals surface area contributed by atoms with Crippen LogP contribution < -0.4 is 11.2 Å². The molecule has 0 spiro atoms. The summed E-state index contributed by atoms with van der Waals surface area (Å²) in [6.45, 7) is 0. The second-order valence-corrected chi connectivity index (χ2v) is 4.32. The summed E-state index contributed by atoms with van der Waals surface area (Å²) in [4.78, 5) is 31.2. The van der Waals surface area contributed by atoms with Crippen LogP contribution in [0, 0.1) is 5.82 Å². The molecule has 2 rings (SSSR count). The highest BCUT2D eigenvalue weighted by molar-refractivity contribution is 5.60. The smallest absolute Gasteiger partial charge is 0.334 e. The molecule has 1 heterocycles. The van der Waals surface area contributed by atoms with Crippen molar-refractivity contribution in [2.24, 2.45) is 4.99 Å². The fraction of sp³-hybridized carbons (Fsp3) is 0.154. The van der Waals surface area contributed by atoms with E-state index in [-0.39, 0.29) is 5.82 Å². The molecule has 0 unspecified atom stereocenters. The van der Waals surface area contributed by atoms with E-state index < -0.39 is 17.1 Å². The molecule has 0 atom stereocenters. The van der Waals surface area contributed by atoms with E-state index >= 15 is 0 Å². The van der Waals surface area contributed by atoms with Crippen molar-refractivity contribution in [1.29, 1.82) is 0 Å². The summed E-state index contributed by atoms with van der Waals surface area (Å²) < 4.78 is 14.1. The van der Waals surface area contributed by atoms with Crippen LogP contribution in [0.4, 0.5) is 10.2 Å². The normalized spacial score (nSPS) is 10.9. The van der Waals surface area contributed by atoms with Gasteiger partial charge in [-0.3, -0.25) is 9.78 Å². The first-order valence-electron chi connectivity index (χ1n) is 5.80. The van der Waals surface area contributed by atoms with E-state index in [1.54, 1.807) is 19.0 Å². The monoisotopic (exact) mass is 276 g/mol. The van der Waals surface area contributed by atoms with Gasteiger partial charge in [0.25, 0.3) is 5.56 Å². The van der Waals surface area contributed by atoms with E-state index in [9.17, 15) is 14.0 Å². The van der Waals surface area contributed by atoms with Gasteiger partial charge in [-0.1, -0.05) is 0 Å². The molecule has 0 amide bonds. The molecule has 0 fully saturated rings. The van der Waals surface area contributed by atoms with Crippen LogP contribution in [0.15, 0.2) is 44.9 Å². The molecule has 0 aliphatic rings. The lowest BCUT2D eigenvalue weighted by molar-refractivity contribution is 0.627. The highest BCUT2D eigenvalue weighted by Gasteiger charge is 2.07. The van der Waals surface area contributed by atoms with E-state index in [0.717, 1.165) is 0 Å². The maximum atomic E-state index is 12.9. The van der Waals surface area contributed by atoms with Gasteiger partial charge in [0.15, 0.2) is 0 Å². The lowest BCUT2D eigenvalue weighted by Crippen LogP contribution is -2.28. The molecule has 20 heavy (non-hydrogen) atoms. The van der Waals surface area contributed by atoms with Crippen molar-refractivity contribution in [3.8, 4) is 5.69 Å². The molecule has 0 saturated carbocycles. The van der Waals surface area contributed by atoms with E-state index in [1.807, 2.05) is 0 Å². The second-order valence-electron chi connectivity index (χ2n) is 4.32. The van der Waals surface area contributed by atoms with Gasteiger partial charge in [-0.25, -0.2) is 18.7 Å². The largest absolute Gasteiger partial charge is 0.369 e. The lowest BCUT2D eigenvalue weighted by atomic mass is 10.3. The van der Waals surface area contributed by atoms with Gasteiger partial charge in [0, 0.05) is 20.2 Å². The molecule has 1 aromatic heterocycles. The first-order chi connectivity index (χ1) is 9.47. The van der Waals surface area contributed by atoms with Gasteiger partial charge in [0.05, 0.1) is 12.0 Å². The Kier molecular flexibility index (Phi) is 3.79.